The molecule has 0 radical (unpaired) electrons. The van der Waals surface area contributed by atoms with Crippen molar-refractivity contribution >= 4 is 34.8 Å². The summed E-state index contributed by atoms with van der Waals surface area (Å²) in [5, 5.41) is 3.51. The Balaban J connectivity index is 1.65. The summed E-state index contributed by atoms with van der Waals surface area (Å²) in [6.07, 6.45) is 0.941. The van der Waals surface area contributed by atoms with Crippen LogP contribution in [0.15, 0.2) is 48.5 Å². The summed E-state index contributed by atoms with van der Waals surface area (Å²) in [5.41, 5.74) is 4.95. The van der Waals surface area contributed by atoms with Gasteiger partial charge in [0, 0.05) is 28.6 Å². The molecule has 4 rings (SSSR count). The van der Waals surface area contributed by atoms with Gasteiger partial charge in [0.15, 0.2) is 0 Å². The SMILES string of the molecule is Cc1cc(C(=O)Nc2cccc(Cl)c2C)nc(N2CCc3ccccc32)n1. The number of aromatic nitrogens is 2. The van der Waals surface area contributed by atoms with Crippen LogP contribution in [0.1, 0.15) is 27.3 Å². The predicted octanol–water partition coefficient (Wildman–Crippen LogP) is 4.69. The van der Waals surface area contributed by atoms with Gasteiger partial charge in [-0.1, -0.05) is 35.9 Å². The van der Waals surface area contributed by atoms with Crippen LogP contribution in [-0.2, 0) is 6.42 Å². The maximum atomic E-state index is 12.8. The molecule has 0 unspecified atom stereocenters. The molecule has 136 valence electrons. The van der Waals surface area contributed by atoms with Crippen molar-refractivity contribution in [1.82, 2.24) is 9.97 Å². The minimum Gasteiger partial charge on any atom is -0.320 e. The van der Waals surface area contributed by atoms with E-state index in [4.69, 9.17) is 11.6 Å². The van der Waals surface area contributed by atoms with Crippen molar-refractivity contribution in [2.75, 3.05) is 16.8 Å². The number of benzene rings is 2. The van der Waals surface area contributed by atoms with Gasteiger partial charge in [0.1, 0.15) is 5.69 Å². The molecule has 1 aliphatic heterocycles. The normalized spacial score (nSPS) is 12.8. The number of carbonyl (C=O) groups excluding carboxylic acids is 1. The first-order valence-electron chi connectivity index (χ1n) is 8.80. The van der Waals surface area contributed by atoms with Gasteiger partial charge >= 0.3 is 0 Å². The number of halogens is 1. The highest BCUT2D eigenvalue weighted by molar-refractivity contribution is 6.31. The van der Waals surface area contributed by atoms with E-state index in [0.29, 0.717) is 22.4 Å². The van der Waals surface area contributed by atoms with E-state index in [0.717, 1.165) is 29.9 Å². The van der Waals surface area contributed by atoms with Crippen LogP contribution in [0.2, 0.25) is 5.02 Å². The van der Waals surface area contributed by atoms with Gasteiger partial charge in [0.2, 0.25) is 5.95 Å². The average molecular weight is 379 g/mol. The van der Waals surface area contributed by atoms with Crippen LogP contribution in [0, 0.1) is 13.8 Å². The number of fused-ring (bicyclic) bond motifs is 1. The molecule has 0 spiro atoms. The Hall–Kier alpha value is -2.92. The topological polar surface area (TPSA) is 58.1 Å². The number of hydrogen-bond donors (Lipinski definition) is 1. The second-order valence-corrected chi connectivity index (χ2v) is 7.00. The molecular weight excluding hydrogens is 360 g/mol. The Bertz CT molecular complexity index is 1030. The Kier molecular flexibility index (Phi) is 4.54. The van der Waals surface area contributed by atoms with E-state index in [2.05, 4.69) is 32.3 Å². The molecule has 0 atom stereocenters. The predicted molar refractivity (Wildman–Crippen MR) is 108 cm³/mol. The number of amides is 1. The lowest BCUT2D eigenvalue weighted by molar-refractivity contribution is 0.102. The van der Waals surface area contributed by atoms with Gasteiger partial charge in [0.25, 0.3) is 5.91 Å². The maximum absolute atomic E-state index is 12.8. The van der Waals surface area contributed by atoms with Crippen molar-refractivity contribution in [2.45, 2.75) is 20.3 Å². The van der Waals surface area contributed by atoms with E-state index in [9.17, 15) is 4.79 Å². The monoisotopic (exact) mass is 378 g/mol. The van der Waals surface area contributed by atoms with Crippen molar-refractivity contribution in [3.05, 3.63) is 76.1 Å². The number of nitrogens with one attached hydrogen (secondary N) is 1. The van der Waals surface area contributed by atoms with Crippen LogP contribution in [0.25, 0.3) is 0 Å². The van der Waals surface area contributed by atoms with Gasteiger partial charge in [-0.2, -0.15) is 0 Å². The third-order valence-electron chi connectivity index (χ3n) is 4.72. The molecule has 0 bridgehead atoms. The van der Waals surface area contributed by atoms with E-state index in [-0.39, 0.29) is 5.91 Å². The Morgan fingerprint density at radius 3 is 2.78 bits per heavy atom. The molecule has 5 nitrogen and oxygen atoms in total. The molecule has 1 amide bonds. The van der Waals surface area contributed by atoms with Crippen LogP contribution >= 0.6 is 11.6 Å². The molecule has 0 saturated heterocycles. The van der Waals surface area contributed by atoms with Gasteiger partial charge in [-0.25, -0.2) is 9.97 Å². The number of aryl methyl sites for hydroxylation is 1. The highest BCUT2D eigenvalue weighted by Crippen LogP contribution is 2.32. The van der Waals surface area contributed by atoms with Crippen LogP contribution in [0.3, 0.4) is 0 Å². The summed E-state index contributed by atoms with van der Waals surface area (Å²) < 4.78 is 0. The quantitative estimate of drug-likeness (QED) is 0.718. The van der Waals surface area contributed by atoms with Gasteiger partial charge in [-0.15, -0.1) is 0 Å². The summed E-state index contributed by atoms with van der Waals surface area (Å²) in [6, 6.07) is 15.3. The fraction of sp³-hybridized carbons (Fsp3) is 0.190. The van der Waals surface area contributed by atoms with Crippen LogP contribution in [-0.4, -0.2) is 22.4 Å². The minimum absolute atomic E-state index is 0.278. The van der Waals surface area contributed by atoms with Crippen LogP contribution in [0.5, 0.6) is 0 Å². The molecule has 1 aromatic heterocycles. The summed E-state index contributed by atoms with van der Waals surface area (Å²) in [5.74, 6) is 0.271. The van der Waals surface area contributed by atoms with Crippen molar-refractivity contribution in [3.8, 4) is 0 Å². The van der Waals surface area contributed by atoms with E-state index >= 15 is 0 Å². The van der Waals surface area contributed by atoms with Crippen molar-refractivity contribution in [2.24, 2.45) is 0 Å². The largest absolute Gasteiger partial charge is 0.320 e. The number of anilines is 3. The Morgan fingerprint density at radius 1 is 1.11 bits per heavy atom. The van der Waals surface area contributed by atoms with E-state index in [1.807, 2.05) is 38.1 Å². The lowest BCUT2D eigenvalue weighted by Crippen LogP contribution is -2.21. The second kappa shape index (κ2) is 7.00. The lowest BCUT2D eigenvalue weighted by Gasteiger charge is -2.18. The number of nitrogens with zero attached hydrogens (tertiary/aromatic N) is 3. The minimum atomic E-state index is -0.278. The molecule has 2 aromatic carbocycles. The van der Waals surface area contributed by atoms with Gasteiger partial charge in [0.05, 0.1) is 0 Å². The average Bonchev–Trinajstić information content (AvgIpc) is 3.09. The molecule has 0 fully saturated rings. The summed E-state index contributed by atoms with van der Waals surface area (Å²) in [6.45, 7) is 4.54. The zero-order valence-electron chi connectivity index (χ0n) is 15.2. The Labute approximate surface area is 163 Å². The molecule has 1 aliphatic rings. The van der Waals surface area contributed by atoms with Crippen molar-refractivity contribution < 1.29 is 4.79 Å². The van der Waals surface area contributed by atoms with Gasteiger partial charge in [-0.3, -0.25) is 4.79 Å². The Morgan fingerprint density at radius 2 is 1.93 bits per heavy atom. The molecule has 2 heterocycles. The van der Waals surface area contributed by atoms with Gasteiger partial charge < -0.3 is 10.2 Å². The zero-order valence-corrected chi connectivity index (χ0v) is 15.9. The molecule has 0 saturated carbocycles. The van der Waals surface area contributed by atoms with E-state index < -0.39 is 0 Å². The summed E-state index contributed by atoms with van der Waals surface area (Å²) >= 11 is 6.14. The molecule has 0 aliphatic carbocycles. The molecule has 6 heteroatoms. The summed E-state index contributed by atoms with van der Waals surface area (Å²) in [7, 11) is 0. The van der Waals surface area contributed by atoms with E-state index in [1.165, 1.54) is 5.56 Å². The fourth-order valence-corrected chi connectivity index (χ4v) is 3.44. The molecule has 3 aromatic rings. The highest BCUT2D eigenvalue weighted by atomic mass is 35.5. The van der Waals surface area contributed by atoms with Crippen LogP contribution in [0.4, 0.5) is 17.3 Å². The third-order valence-corrected chi connectivity index (χ3v) is 5.13. The number of rotatable bonds is 3. The first kappa shape index (κ1) is 17.5. The lowest BCUT2D eigenvalue weighted by atomic mass is 10.2. The molecular formula is C21H19ClN4O. The maximum Gasteiger partial charge on any atom is 0.274 e. The standard InChI is InChI=1S/C21H19ClN4O/c1-13-12-18(20(27)24-17-8-5-7-16(22)14(17)2)25-21(23-13)26-11-10-15-6-3-4-9-19(15)26/h3-9,12H,10-11H2,1-2H3,(H,24,27). The highest BCUT2D eigenvalue weighted by Gasteiger charge is 2.23. The van der Waals surface area contributed by atoms with Crippen molar-refractivity contribution in [3.63, 3.8) is 0 Å². The first-order chi connectivity index (χ1) is 13.0. The summed E-state index contributed by atoms with van der Waals surface area (Å²) in [4.78, 5) is 23.9. The number of hydrogen-bond acceptors (Lipinski definition) is 4. The number of carbonyl (C=O) groups is 1. The first-order valence-corrected chi connectivity index (χ1v) is 9.18. The zero-order chi connectivity index (χ0) is 19.0. The van der Waals surface area contributed by atoms with Crippen molar-refractivity contribution in [1.29, 1.82) is 0 Å². The fourth-order valence-electron chi connectivity index (χ4n) is 3.27. The number of para-hydroxylation sites is 1. The molecule has 1 N–H and O–H groups in total. The van der Waals surface area contributed by atoms with E-state index in [1.54, 1.807) is 12.1 Å². The second-order valence-electron chi connectivity index (χ2n) is 6.59. The van der Waals surface area contributed by atoms with Crippen LogP contribution < -0.4 is 10.2 Å². The third kappa shape index (κ3) is 3.38. The molecule has 27 heavy (non-hydrogen) atoms. The smallest absolute Gasteiger partial charge is 0.274 e. The van der Waals surface area contributed by atoms with Gasteiger partial charge in [-0.05, 0) is 55.7 Å².